The van der Waals surface area contributed by atoms with E-state index in [9.17, 15) is 4.79 Å². The summed E-state index contributed by atoms with van der Waals surface area (Å²) in [6, 6.07) is 8.07. The van der Waals surface area contributed by atoms with Gasteiger partial charge in [-0.3, -0.25) is 9.78 Å². The van der Waals surface area contributed by atoms with Gasteiger partial charge in [-0.05, 0) is 36.8 Å². The minimum absolute atomic E-state index is 0.204. The van der Waals surface area contributed by atoms with Crippen LogP contribution in [0.1, 0.15) is 29.9 Å². The summed E-state index contributed by atoms with van der Waals surface area (Å²) < 4.78 is 5.38. The number of hydrogen-bond acceptors (Lipinski definition) is 6. The van der Waals surface area contributed by atoms with E-state index >= 15 is 0 Å². The number of nitrogens with zero attached hydrogens (tertiary/aromatic N) is 5. The molecule has 1 aromatic carbocycles. The molecule has 0 spiro atoms. The number of aromatic nitrogens is 4. The summed E-state index contributed by atoms with van der Waals surface area (Å²) in [5, 5.41) is 4.00. The predicted octanol–water partition coefficient (Wildman–Crippen LogP) is 2.86. The Hall–Kier alpha value is -3.09. The zero-order chi connectivity index (χ0) is 19.3. The van der Waals surface area contributed by atoms with Crippen LogP contribution in [0.3, 0.4) is 0 Å². The van der Waals surface area contributed by atoms with Crippen LogP contribution in [0.15, 0.2) is 47.4 Å². The Labute approximate surface area is 163 Å². The van der Waals surface area contributed by atoms with Crippen LogP contribution in [0.2, 0.25) is 0 Å². The molecule has 0 aliphatic carbocycles. The van der Waals surface area contributed by atoms with Crippen LogP contribution in [0.5, 0.6) is 0 Å². The summed E-state index contributed by atoms with van der Waals surface area (Å²) in [4.78, 5) is 27.2. The van der Waals surface area contributed by atoms with Crippen molar-refractivity contribution in [1.82, 2.24) is 25.0 Å². The third kappa shape index (κ3) is 4.24. The first-order valence-electron chi connectivity index (χ1n) is 9.60. The molecule has 0 radical (unpaired) electrons. The number of rotatable bonds is 5. The second-order valence-corrected chi connectivity index (χ2v) is 7.23. The van der Waals surface area contributed by atoms with E-state index in [1.54, 1.807) is 18.6 Å². The van der Waals surface area contributed by atoms with Gasteiger partial charge in [0.15, 0.2) is 0 Å². The summed E-state index contributed by atoms with van der Waals surface area (Å²) in [6.07, 6.45) is 7.93. The fraction of sp³-hybridized carbons (Fsp3) is 0.381. The lowest BCUT2D eigenvalue weighted by molar-refractivity contribution is -0.131. The van der Waals surface area contributed by atoms with E-state index in [-0.39, 0.29) is 5.91 Å². The number of likely N-dealkylation sites (tertiary alicyclic amines) is 1. The van der Waals surface area contributed by atoms with Crippen molar-refractivity contribution in [2.24, 2.45) is 5.92 Å². The number of aryl methyl sites for hydroxylation is 1. The Balaban J connectivity index is 1.29. The highest BCUT2D eigenvalue weighted by atomic mass is 16.5. The molecule has 0 atom stereocenters. The van der Waals surface area contributed by atoms with Gasteiger partial charge < -0.3 is 9.42 Å². The highest BCUT2D eigenvalue weighted by molar-refractivity contribution is 5.79. The molecular formula is C21H23N5O2. The molecule has 0 unspecified atom stereocenters. The summed E-state index contributed by atoms with van der Waals surface area (Å²) in [5.41, 5.74) is 2.88. The molecule has 3 heterocycles. The van der Waals surface area contributed by atoms with E-state index < -0.39 is 0 Å². The highest BCUT2D eigenvalue weighted by Gasteiger charge is 2.25. The zero-order valence-electron chi connectivity index (χ0n) is 15.9. The van der Waals surface area contributed by atoms with E-state index in [1.165, 1.54) is 5.56 Å². The number of carbonyl (C=O) groups excluding carboxylic acids is 1. The number of carbonyl (C=O) groups is 1. The van der Waals surface area contributed by atoms with Gasteiger partial charge in [0.05, 0.1) is 12.6 Å². The lowest BCUT2D eigenvalue weighted by Gasteiger charge is -2.31. The van der Waals surface area contributed by atoms with E-state index in [1.807, 2.05) is 23.1 Å². The molecule has 2 aromatic heterocycles. The number of piperidine rings is 1. The van der Waals surface area contributed by atoms with Gasteiger partial charge in [0.25, 0.3) is 0 Å². The van der Waals surface area contributed by atoms with Gasteiger partial charge in [-0.15, -0.1) is 0 Å². The predicted molar refractivity (Wildman–Crippen MR) is 103 cm³/mol. The lowest BCUT2D eigenvalue weighted by Crippen LogP contribution is -2.39. The van der Waals surface area contributed by atoms with Gasteiger partial charge in [-0.1, -0.05) is 29.4 Å². The third-order valence-corrected chi connectivity index (χ3v) is 5.29. The molecule has 1 aliphatic heterocycles. The smallest absolute Gasteiger partial charge is 0.227 e. The molecule has 4 rings (SSSR count). The minimum atomic E-state index is 0.204. The van der Waals surface area contributed by atoms with E-state index in [0.29, 0.717) is 29.7 Å². The van der Waals surface area contributed by atoms with Crippen LogP contribution in [0.25, 0.3) is 11.5 Å². The molecule has 28 heavy (non-hydrogen) atoms. The first kappa shape index (κ1) is 18.3. The monoisotopic (exact) mass is 377 g/mol. The van der Waals surface area contributed by atoms with Crippen molar-refractivity contribution in [1.29, 1.82) is 0 Å². The average molecular weight is 377 g/mol. The summed E-state index contributed by atoms with van der Waals surface area (Å²) in [6.45, 7) is 3.61. The van der Waals surface area contributed by atoms with Crippen molar-refractivity contribution >= 4 is 5.91 Å². The summed E-state index contributed by atoms with van der Waals surface area (Å²) >= 11 is 0. The quantitative estimate of drug-likeness (QED) is 0.680. The largest absolute Gasteiger partial charge is 0.342 e. The van der Waals surface area contributed by atoms with Gasteiger partial charge in [0.1, 0.15) is 5.69 Å². The maximum absolute atomic E-state index is 12.6. The highest BCUT2D eigenvalue weighted by Crippen LogP contribution is 2.23. The fourth-order valence-corrected chi connectivity index (χ4v) is 3.57. The molecule has 1 aliphatic rings. The molecule has 1 amide bonds. The minimum Gasteiger partial charge on any atom is -0.342 e. The Morgan fingerprint density at radius 1 is 1.21 bits per heavy atom. The second-order valence-electron chi connectivity index (χ2n) is 7.23. The molecule has 144 valence electrons. The SMILES string of the molecule is Cc1ccccc1CC(=O)N1CCC(Cc2nc(-c3cnccn3)no2)CC1. The van der Waals surface area contributed by atoms with Crippen LogP contribution in [0, 0.1) is 12.8 Å². The first-order chi connectivity index (χ1) is 13.7. The maximum Gasteiger partial charge on any atom is 0.227 e. The van der Waals surface area contributed by atoms with Gasteiger partial charge in [0.2, 0.25) is 17.6 Å². The van der Waals surface area contributed by atoms with Crippen molar-refractivity contribution < 1.29 is 9.32 Å². The van der Waals surface area contributed by atoms with E-state index in [4.69, 9.17) is 4.52 Å². The summed E-state index contributed by atoms with van der Waals surface area (Å²) in [7, 11) is 0. The molecule has 7 nitrogen and oxygen atoms in total. The van der Waals surface area contributed by atoms with Crippen LogP contribution in [0.4, 0.5) is 0 Å². The topological polar surface area (TPSA) is 85.0 Å². The molecule has 1 saturated heterocycles. The normalized spacial score (nSPS) is 15.0. The molecule has 7 heteroatoms. The Bertz CT molecular complexity index is 933. The zero-order valence-corrected chi connectivity index (χ0v) is 15.9. The Morgan fingerprint density at radius 3 is 2.79 bits per heavy atom. The van der Waals surface area contributed by atoms with Gasteiger partial charge in [-0.25, -0.2) is 4.98 Å². The average Bonchev–Trinajstić information content (AvgIpc) is 3.19. The maximum atomic E-state index is 12.6. The van der Waals surface area contributed by atoms with Crippen molar-refractivity contribution in [2.45, 2.75) is 32.6 Å². The molecular weight excluding hydrogens is 354 g/mol. The van der Waals surface area contributed by atoms with Gasteiger partial charge in [0, 0.05) is 31.9 Å². The lowest BCUT2D eigenvalue weighted by atomic mass is 9.93. The molecule has 0 bridgehead atoms. The van der Waals surface area contributed by atoms with Crippen molar-refractivity contribution in [3.8, 4) is 11.5 Å². The molecule has 3 aromatic rings. The molecule has 1 fully saturated rings. The Morgan fingerprint density at radius 2 is 2.04 bits per heavy atom. The van der Waals surface area contributed by atoms with Crippen LogP contribution in [-0.2, 0) is 17.6 Å². The van der Waals surface area contributed by atoms with Gasteiger partial charge in [-0.2, -0.15) is 4.98 Å². The first-order valence-corrected chi connectivity index (χ1v) is 9.60. The number of benzene rings is 1. The fourth-order valence-electron chi connectivity index (χ4n) is 3.57. The third-order valence-electron chi connectivity index (χ3n) is 5.29. The number of amides is 1. The Kier molecular flexibility index (Phi) is 5.41. The van der Waals surface area contributed by atoms with Crippen molar-refractivity contribution in [3.63, 3.8) is 0 Å². The van der Waals surface area contributed by atoms with Crippen molar-refractivity contribution in [2.75, 3.05) is 13.1 Å². The van der Waals surface area contributed by atoms with Crippen LogP contribution < -0.4 is 0 Å². The van der Waals surface area contributed by atoms with Crippen molar-refractivity contribution in [3.05, 3.63) is 59.9 Å². The molecule has 0 saturated carbocycles. The van der Waals surface area contributed by atoms with E-state index in [2.05, 4.69) is 33.1 Å². The summed E-state index contributed by atoms with van der Waals surface area (Å²) in [5.74, 6) is 1.73. The van der Waals surface area contributed by atoms with Crippen LogP contribution >= 0.6 is 0 Å². The van der Waals surface area contributed by atoms with Crippen LogP contribution in [-0.4, -0.2) is 44.0 Å². The standard InChI is InChI=1S/C21H23N5O2/c1-15-4-2-3-5-17(15)13-20(27)26-10-6-16(7-11-26)12-19-24-21(25-28-19)18-14-22-8-9-23-18/h2-5,8-9,14,16H,6-7,10-13H2,1H3. The molecule has 0 N–H and O–H groups in total. The number of hydrogen-bond donors (Lipinski definition) is 0. The van der Waals surface area contributed by atoms with Gasteiger partial charge >= 0.3 is 0 Å². The van der Waals surface area contributed by atoms with E-state index in [0.717, 1.165) is 37.9 Å². The second kappa shape index (κ2) is 8.29.